The number of azide groups is 1. The first-order valence-electron chi connectivity index (χ1n) is 4.99. The minimum atomic E-state index is -0.177. The summed E-state index contributed by atoms with van der Waals surface area (Å²) < 4.78 is 5.50. The molecule has 0 radical (unpaired) electrons. The zero-order chi connectivity index (χ0) is 11.6. The van der Waals surface area contributed by atoms with E-state index in [0.29, 0.717) is 18.2 Å². The monoisotopic (exact) mass is 216 g/mol. The Morgan fingerprint density at radius 2 is 2.31 bits per heavy atom. The molecule has 0 bridgehead atoms. The molecule has 16 heavy (non-hydrogen) atoms. The third kappa shape index (κ3) is 2.15. The molecular formula is C11H12N4O. The zero-order valence-electron chi connectivity index (χ0n) is 9.21. The first-order chi connectivity index (χ1) is 7.61. The van der Waals surface area contributed by atoms with Gasteiger partial charge in [-0.2, -0.15) is 0 Å². The second kappa shape index (κ2) is 3.87. The Morgan fingerprint density at radius 3 is 2.94 bits per heavy atom. The van der Waals surface area contributed by atoms with E-state index < -0.39 is 0 Å². The van der Waals surface area contributed by atoms with Gasteiger partial charge in [0.05, 0.1) is 5.54 Å². The molecule has 2 rings (SSSR count). The lowest BCUT2D eigenvalue weighted by Gasteiger charge is -2.07. The van der Waals surface area contributed by atoms with Crippen molar-refractivity contribution in [3.63, 3.8) is 0 Å². The molecule has 0 spiro atoms. The average molecular weight is 216 g/mol. The summed E-state index contributed by atoms with van der Waals surface area (Å²) in [6.45, 7) is 4.60. The van der Waals surface area contributed by atoms with E-state index >= 15 is 0 Å². The Balaban J connectivity index is 2.35. The van der Waals surface area contributed by atoms with Crippen molar-refractivity contribution in [2.45, 2.75) is 19.4 Å². The van der Waals surface area contributed by atoms with E-state index in [4.69, 9.17) is 10.3 Å². The molecule has 0 aromatic heterocycles. The molecule has 0 aliphatic carbocycles. The summed E-state index contributed by atoms with van der Waals surface area (Å²) >= 11 is 0. The van der Waals surface area contributed by atoms with Crippen LogP contribution >= 0.6 is 0 Å². The van der Waals surface area contributed by atoms with Gasteiger partial charge in [0.2, 0.25) is 5.90 Å². The van der Waals surface area contributed by atoms with E-state index in [2.05, 4.69) is 15.0 Å². The van der Waals surface area contributed by atoms with Crippen LogP contribution in [-0.4, -0.2) is 18.0 Å². The van der Waals surface area contributed by atoms with Gasteiger partial charge in [0, 0.05) is 16.2 Å². The highest BCUT2D eigenvalue weighted by atomic mass is 16.5. The molecule has 1 aromatic carbocycles. The fraction of sp³-hybridized carbons (Fsp3) is 0.364. The number of benzene rings is 1. The molecule has 82 valence electrons. The quantitative estimate of drug-likeness (QED) is 0.425. The van der Waals surface area contributed by atoms with Crippen molar-refractivity contribution >= 4 is 11.6 Å². The van der Waals surface area contributed by atoms with Crippen molar-refractivity contribution in [1.29, 1.82) is 0 Å². The number of hydrogen-bond acceptors (Lipinski definition) is 3. The largest absolute Gasteiger partial charge is 0.475 e. The van der Waals surface area contributed by atoms with Gasteiger partial charge in [-0.05, 0) is 31.5 Å². The predicted molar refractivity (Wildman–Crippen MR) is 61.8 cm³/mol. The van der Waals surface area contributed by atoms with Crippen molar-refractivity contribution < 1.29 is 4.74 Å². The summed E-state index contributed by atoms with van der Waals surface area (Å²) in [5, 5.41) is 3.55. The van der Waals surface area contributed by atoms with Crippen LogP contribution in [0.1, 0.15) is 19.4 Å². The maximum atomic E-state index is 8.36. The van der Waals surface area contributed by atoms with Crippen molar-refractivity contribution in [2.24, 2.45) is 10.1 Å². The van der Waals surface area contributed by atoms with Crippen LogP contribution < -0.4 is 0 Å². The van der Waals surface area contributed by atoms with Crippen molar-refractivity contribution in [2.75, 3.05) is 6.61 Å². The van der Waals surface area contributed by atoms with E-state index in [1.165, 1.54) is 0 Å². The van der Waals surface area contributed by atoms with Gasteiger partial charge < -0.3 is 4.74 Å². The number of rotatable bonds is 2. The van der Waals surface area contributed by atoms with Crippen molar-refractivity contribution in [1.82, 2.24) is 0 Å². The first-order valence-corrected chi connectivity index (χ1v) is 4.99. The fourth-order valence-corrected chi connectivity index (χ4v) is 1.49. The lowest BCUT2D eigenvalue weighted by molar-refractivity contribution is 0.279. The Kier molecular flexibility index (Phi) is 2.54. The SMILES string of the molecule is CC1(C)COC(c2cccc(N=[N+]=[N-])c2)=N1. The molecule has 0 saturated carbocycles. The minimum Gasteiger partial charge on any atom is -0.475 e. The van der Waals surface area contributed by atoms with Crippen LogP contribution in [0.5, 0.6) is 0 Å². The molecule has 0 fully saturated rings. The summed E-state index contributed by atoms with van der Waals surface area (Å²) in [6, 6.07) is 7.21. The van der Waals surface area contributed by atoms with Gasteiger partial charge in [-0.3, -0.25) is 0 Å². The van der Waals surface area contributed by atoms with Gasteiger partial charge in [0.15, 0.2) is 0 Å². The van der Waals surface area contributed by atoms with Crippen LogP contribution in [0.3, 0.4) is 0 Å². The highest BCUT2D eigenvalue weighted by Gasteiger charge is 2.26. The van der Waals surface area contributed by atoms with Crippen LogP contribution in [0, 0.1) is 0 Å². The fourth-order valence-electron chi connectivity index (χ4n) is 1.49. The van der Waals surface area contributed by atoms with Gasteiger partial charge in [-0.25, -0.2) is 4.99 Å². The number of hydrogen-bond donors (Lipinski definition) is 0. The molecule has 0 atom stereocenters. The Labute approximate surface area is 93.4 Å². The lowest BCUT2D eigenvalue weighted by atomic mass is 10.1. The minimum absolute atomic E-state index is 0.177. The predicted octanol–water partition coefficient (Wildman–Crippen LogP) is 3.18. The van der Waals surface area contributed by atoms with Gasteiger partial charge in [-0.15, -0.1) is 0 Å². The van der Waals surface area contributed by atoms with Crippen LogP contribution in [0.2, 0.25) is 0 Å². The average Bonchev–Trinajstić information content (AvgIpc) is 2.60. The molecular weight excluding hydrogens is 204 g/mol. The summed E-state index contributed by atoms with van der Waals surface area (Å²) in [7, 11) is 0. The first kappa shape index (κ1) is 10.5. The second-order valence-electron chi connectivity index (χ2n) is 4.26. The van der Waals surface area contributed by atoms with Crippen molar-refractivity contribution in [3.8, 4) is 0 Å². The van der Waals surface area contributed by atoms with E-state index in [1.54, 1.807) is 12.1 Å². The van der Waals surface area contributed by atoms with Gasteiger partial charge in [0.25, 0.3) is 0 Å². The maximum absolute atomic E-state index is 8.36. The summed E-state index contributed by atoms with van der Waals surface area (Å²) in [5.74, 6) is 0.611. The maximum Gasteiger partial charge on any atom is 0.216 e. The van der Waals surface area contributed by atoms with E-state index in [1.807, 2.05) is 26.0 Å². The Bertz CT molecular complexity index is 487. The molecule has 0 unspecified atom stereocenters. The highest BCUT2D eigenvalue weighted by molar-refractivity contribution is 5.96. The van der Waals surface area contributed by atoms with Gasteiger partial charge >= 0.3 is 0 Å². The Hall–Kier alpha value is -2.00. The number of ether oxygens (including phenoxy) is 1. The molecule has 5 nitrogen and oxygen atoms in total. The summed E-state index contributed by atoms with van der Waals surface area (Å²) in [6.07, 6.45) is 0. The molecule has 1 aromatic rings. The van der Waals surface area contributed by atoms with Crippen molar-refractivity contribution in [3.05, 3.63) is 40.3 Å². The third-order valence-electron chi connectivity index (χ3n) is 2.22. The number of nitrogens with zero attached hydrogens (tertiary/aromatic N) is 4. The highest BCUT2D eigenvalue weighted by Crippen LogP contribution is 2.22. The smallest absolute Gasteiger partial charge is 0.216 e. The molecule has 1 aliphatic rings. The molecule has 1 aliphatic heterocycles. The zero-order valence-corrected chi connectivity index (χ0v) is 9.21. The van der Waals surface area contributed by atoms with Crippen LogP contribution in [0.25, 0.3) is 10.4 Å². The van der Waals surface area contributed by atoms with E-state index in [-0.39, 0.29) is 5.54 Å². The molecule has 0 amide bonds. The molecule has 0 saturated heterocycles. The Morgan fingerprint density at radius 1 is 1.50 bits per heavy atom. The van der Waals surface area contributed by atoms with Crippen LogP contribution in [0.4, 0.5) is 5.69 Å². The van der Waals surface area contributed by atoms with Gasteiger partial charge in [0.1, 0.15) is 6.61 Å². The number of aliphatic imine (C=N–C) groups is 1. The second-order valence-corrected chi connectivity index (χ2v) is 4.26. The molecule has 0 N–H and O–H groups in total. The summed E-state index contributed by atoms with van der Waals surface area (Å²) in [4.78, 5) is 7.20. The standard InChI is InChI=1S/C11H12N4O/c1-11(2)7-16-10(13-11)8-4-3-5-9(6-8)14-15-12/h3-6H,7H2,1-2H3. The topological polar surface area (TPSA) is 70.3 Å². The normalized spacial score (nSPS) is 17.2. The van der Waals surface area contributed by atoms with Crippen LogP contribution in [0.15, 0.2) is 34.4 Å². The van der Waals surface area contributed by atoms with Crippen LogP contribution in [-0.2, 0) is 4.74 Å². The van der Waals surface area contributed by atoms with E-state index in [0.717, 1.165) is 5.56 Å². The van der Waals surface area contributed by atoms with Gasteiger partial charge in [-0.1, -0.05) is 17.2 Å². The lowest BCUT2D eigenvalue weighted by Crippen LogP contribution is -2.17. The molecule has 5 heteroatoms. The van der Waals surface area contributed by atoms with E-state index in [9.17, 15) is 0 Å². The third-order valence-corrected chi connectivity index (χ3v) is 2.22. The molecule has 1 heterocycles. The summed E-state index contributed by atoms with van der Waals surface area (Å²) in [5.41, 5.74) is 9.59.